The van der Waals surface area contributed by atoms with Gasteiger partial charge in [-0.1, -0.05) is 30.3 Å². The van der Waals surface area contributed by atoms with Crippen molar-refractivity contribution in [3.63, 3.8) is 0 Å². The number of hydrogen-bond acceptors (Lipinski definition) is 5. The quantitative estimate of drug-likeness (QED) is 0.477. The molecule has 0 fully saturated rings. The number of ether oxygens (including phenoxy) is 1. The number of carbonyl (C=O) groups excluding carboxylic acids is 1. The standard InChI is InChI=1S/C25H24N2O4S/c1-2-31-23-14-12-22(13-15-23)27(17-7-16-26)25(28)21-9-6-8-20(18-21)19-32(29,30)24-10-4-3-5-11-24/h3-6,8-15,18H,2,7,17,19H2,1H3. The van der Waals surface area contributed by atoms with Crippen molar-refractivity contribution in [2.45, 2.75) is 24.0 Å². The molecule has 0 aromatic heterocycles. The Bertz CT molecular complexity index is 1200. The summed E-state index contributed by atoms with van der Waals surface area (Å²) in [6, 6.07) is 24.0. The second kappa shape index (κ2) is 10.6. The molecule has 0 spiro atoms. The van der Waals surface area contributed by atoms with Gasteiger partial charge in [-0.3, -0.25) is 4.79 Å². The topological polar surface area (TPSA) is 87.5 Å². The molecule has 0 heterocycles. The zero-order valence-corrected chi connectivity index (χ0v) is 18.6. The Balaban J connectivity index is 1.86. The fourth-order valence-corrected chi connectivity index (χ4v) is 4.64. The van der Waals surface area contributed by atoms with Crippen LogP contribution in [0.5, 0.6) is 5.75 Å². The lowest BCUT2D eigenvalue weighted by Crippen LogP contribution is -2.31. The summed E-state index contributed by atoms with van der Waals surface area (Å²) in [6.07, 6.45) is 0.168. The molecule has 6 nitrogen and oxygen atoms in total. The monoisotopic (exact) mass is 448 g/mol. The van der Waals surface area contributed by atoms with Crippen LogP contribution < -0.4 is 9.64 Å². The van der Waals surface area contributed by atoms with Crippen molar-refractivity contribution in [1.29, 1.82) is 5.26 Å². The molecule has 0 N–H and O–H groups in total. The van der Waals surface area contributed by atoms with Crippen molar-refractivity contribution in [1.82, 2.24) is 0 Å². The molecule has 7 heteroatoms. The largest absolute Gasteiger partial charge is 0.494 e. The van der Waals surface area contributed by atoms with Crippen molar-refractivity contribution in [2.24, 2.45) is 0 Å². The molecular weight excluding hydrogens is 424 g/mol. The summed E-state index contributed by atoms with van der Waals surface area (Å²) in [4.78, 5) is 15.0. The van der Waals surface area contributed by atoms with Crippen LogP contribution >= 0.6 is 0 Å². The summed E-state index contributed by atoms with van der Waals surface area (Å²) in [5, 5.41) is 9.03. The van der Waals surface area contributed by atoms with Gasteiger partial charge in [0.2, 0.25) is 0 Å². The van der Waals surface area contributed by atoms with E-state index in [4.69, 9.17) is 10.00 Å². The maximum absolute atomic E-state index is 13.3. The third-order valence-corrected chi connectivity index (χ3v) is 6.49. The van der Waals surface area contributed by atoms with Crippen LogP contribution in [0.25, 0.3) is 0 Å². The molecule has 1 amide bonds. The molecule has 0 aliphatic heterocycles. The summed E-state index contributed by atoms with van der Waals surface area (Å²) in [5.74, 6) is 0.180. The first-order valence-corrected chi connectivity index (χ1v) is 11.9. The Labute approximate surface area is 188 Å². The van der Waals surface area contributed by atoms with E-state index in [1.165, 1.54) is 4.90 Å². The van der Waals surface area contributed by atoms with Gasteiger partial charge in [-0.15, -0.1) is 0 Å². The Morgan fingerprint density at radius 3 is 2.38 bits per heavy atom. The third-order valence-electron chi connectivity index (χ3n) is 4.78. The van der Waals surface area contributed by atoms with Gasteiger partial charge in [0.25, 0.3) is 5.91 Å². The lowest BCUT2D eigenvalue weighted by molar-refractivity contribution is 0.0987. The van der Waals surface area contributed by atoms with Gasteiger partial charge < -0.3 is 9.64 Å². The van der Waals surface area contributed by atoms with Gasteiger partial charge in [0.1, 0.15) is 5.75 Å². The van der Waals surface area contributed by atoms with Crippen LogP contribution in [-0.2, 0) is 15.6 Å². The Hall–Kier alpha value is -3.63. The van der Waals surface area contributed by atoms with Crippen LogP contribution in [-0.4, -0.2) is 27.5 Å². The van der Waals surface area contributed by atoms with Crippen LogP contribution in [0.1, 0.15) is 29.3 Å². The molecular formula is C25H24N2O4S. The Morgan fingerprint density at radius 2 is 1.72 bits per heavy atom. The molecule has 0 saturated heterocycles. The van der Waals surface area contributed by atoms with Crippen LogP contribution in [0.15, 0.2) is 83.8 Å². The highest BCUT2D eigenvalue weighted by Gasteiger charge is 2.20. The molecule has 3 aromatic rings. The number of sulfone groups is 1. The second-order valence-electron chi connectivity index (χ2n) is 7.06. The predicted octanol–water partition coefficient (Wildman–Crippen LogP) is 4.62. The molecule has 0 bridgehead atoms. The number of rotatable bonds is 9. The molecule has 32 heavy (non-hydrogen) atoms. The van der Waals surface area contributed by atoms with E-state index in [-0.39, 0.29) is 29.5 Å². The summed E-state index contributed by atoms with van der Waals surface area (Å²) in [5.41, 5.74) is 1.51. The van der Waals surface area contributed by atoms with E-state index in [0.29, 0.717) is 29.2 Å². The van der Waals surface area contributed by atoms with E-state index in [1.54, 1.807) is 78.9 Å². The summed E-state index contributed by atoms with van der Waals surface area (Å²) in [6.45, 7) is 2.65. The van der Waals surface area contributed by atoms with E-state index >= 15 is 0 Å². The number of anilines is 1. The minimum atomic E-state index is -3.53. The maximum atomic E-state index is 13.3. The van der Waals surface area contributed by atoms with E-state index in [2.05, 4.69) is 6.07 Å². The van der Waals surface area contributed by atoms with Gasteiger partial charge in [-0.2, -0.15) is 5.26 Å². The molecule has 3 rings (SSSR count). The molecule has 0 aliphatic carbocycles. The summed E-state index contributed by atoms with van der Waals surface area (Å²) >= 11 is 0. The molecule has 0 atom stereocenters. The minimum absolute atomic E-state index is 0.168. The predicted molar refractivity (Wildman–Crippen MR) is 123 cm³/mol. The van der Waals surface area contributed by atoms with Gasteiger partial charge in [-0.25, -0.2) is 8.42 Å². The highest BCUT2D eigenvalue weighted by molar-refractivity contribution is 7.90. The van der Waals surface area contributed by atoms with Gasteiger partial charge in [0.15, 0.2) is 9.84 Å². The van der Waals surface area contributed by atoms with E-state index in [9.17, 15) is 13.2 Å². The van der Waals surface area contributed by atoms with Gasteiger partial charge in [0.05, 0.1) is 29.7 Å². The zero-order chi connectivity index (χ0) is 23.0. The SMILES string of the molecule is CCOc1ccc(N(CCC#N)C(=O)c2cccc(CS(=O)(=O)c3ccccc3)c2)cc1. The maximum Gasteiger partial charge on any atom is 0.258 e. The highest BCUT2D eigenvalue weighted by Crippen LogP contribution is 2.23. The first kappa shape index (κ1) is 23.0. The number of benzene rings is 3. The Morgan fingerprint density at radius 1 is 1.00 bits per heavy atom. The number of carbonyl (C=O) groups is 1. The first-order valence-electron chi connectivity index (χ1n) is 10.2. The lowest BCUT2D eigenvalue weighted by Gasteiger charge is -2.22. The van der Waals surface area contributed by atoms with Crippen molar-refractivity contribution < 1.29 is 17.9 Å². The molecule has 164 valence electrons. The fourth-order valence-electron chi connectivity index (χ4n) is 3.28. The average molecular weight is 449 g/mol. The van der Waals surface area contributed by atoms with E-state index < -0.39 is 9.84 Å². The summed E-state index contributed by atoms with van der Waals surface area (Å²) in [7, 11) is -3.53. The van der Waals surface area contributed by atoms with Crippen LogP contribution in [0.4, 0.5) is 5.69 Å². The number of nitrogens with zero attached hydrogens (tertiary/aromatic N) is 2. The molecule has 0 saturated carbocycles. The van der Waals surface area contributed by atoms with Crippen LogP contribution in [0.2, 0.25) is 0 Å². The number of amides is 1. The van der Waals surface area contributed by atoms with E-state index in [0.717, 1.165) is 0 Å². The fraction of sp³-hybridized carbons (Fsp3) is 0.200. The molecule has 0 radical (unpaired) electrons. The van der Waals surface area contributed by atoms with Gasteiger partial charge >= 0.3 is 0 Å². The molecule has 0 unspecified atom stereocenters. The smallest absolute Gasteiger partial charge is 0.258 e. The highest BCUT2D eigenvalue weighted by atomic mass is 32.2. The number of hydrogen-bond donors (Lipinski definition) is 0. The zero-order valence-electron chi connectivity index (χ0n) is 17.8. The van der Waals surface area contributed by atoms with Crippen LogP contribution in [0, 0.1) is 11.3 Å². The molecule has 3 aromatic carbocycles. The van der Waals surface area contributed by atoms with E-state index in [1.807, 2.05) is 6.92 Å². The first-order chi connectivity index (χ1) is 15.4. The normalized spacial score (nSPS) is 10.9. The average Bonchev–Trinajstić information content (AvgIpc) is 2.81. The van der Waals surface area contributed by atoms with Gasteiger partial charge in [0, 0.05) is 17.8 Å². The van der Waals surface area contributed by atoms with Crippen molar-refractivity contribution in [3.05, 3.63) is 90.0 Å². The van der Waals surface area contributed by atoms with Crippen molar-refractivity contribution in [2.75, 3.05) is 18.1 Å². The van der Waals surface area contributed by atoms with Gasteiger partial charge in [-0.05, 0) is 61.0 Å². The third kappa shape index (κ3) is 5.74. The Kier molecular flexibility index (Phi) is 7.63. The lowest BCUT2D eigenvalue weighted by atomic mass is 10.1. The second-order valence-corrected chi connectivity index (χ2v) is 9.05. The molecule has 0 aliphatic rings. The van der Waals surface area contributed by atoms with Crippen molar-refractivity contribution >= 4 is 21.4 Å². The summed E-state index contributed by atoms with van der Waals surface area (Å²) < 4.78 is 30.9. The minimum Gasteiger partial charge on any atom is -0.494 e. The van der Waals surface area contributed by atoms with Crippen LogP contribution in [0.3, 0.4) is 0 Å². The number of nitriles is 1. The van der Waals surface area contributed by atoms with Crippen molar-refractivity contribution in [3.8, 4) is 11.8 Å².